The summed E-state index contributed by atoms with van der Waals surface area (Å²) in [6.45, 7) is -4.34. The van der Waals surface area contributed by atoms with Crippen molar-refractivity contribution in [3.05, 3.63) is 223 Å². The molecule has 3 nitrogen and oxygen atoms in total. The van der Waals surface area contributed by atoms with Gasteiger partial charge in [0.05, 0.1) is 22.5 Å². The summed E-state index contributed by atoms with van der Waals surface area (Å²) >= 11 is 3.51. The van der Waals surface area contributed by atoms with Gasteiger partial charge in [-0.05, 0) is 70.7 Å². The van der Waals surface area contributed by atoms with Crippen LogP contribution in [0.1, 0.15) is 19.4 Å². The fraction of sp³-hybridized carbons (Fsp3) is 0.0345. The van der Waals surface area contributed by atoms with Gasteiger partial charge in [0.25, 0.3) is 0 Å². The molecule has 0 amide bonds. The minimum Gasteiger partial charge on any atom is -0.332 e. The Morgan fingerprint density at radius 1 is 0.547 bits per heavy atom. The van der Waals surface area contributed by atoms with Crippen molar-refractivity contribution in [2.75, 3.05) is 0 Å². The van der Waals surface area contributed by atoms with Crippen LogP contribution < -0.4 is 0 Å². The Morgan fingerprint density at radius 3 is 1.91 bits per heavy atom. The van der Waals surface area contributed by atoms with Crippen molar-refractivity contribution in [1.29, 1.82) is 0 Å². The molecule has 64 heavy (non-hydrogen) atoms. The van der Waals surface area contributed by atoms with Gasteiger partial charge in [0.1, 0.15) is 0 Å². The molecule has 8 aromatic carbocycles. The molecule has 0 aliphatic carbocycles. The van der Waals surface area contributed by atoms with Crippen LogP contribution in [0, 0.1) is 25.2 Å². The number of nitrogens with zero attached hydrogens (tertiary/aromatic N) is 3. The second-order valence-electron chi connectivity index (χ2n) is 15.2. The predicted molar refractivity (Wildman–Crippen MR) is 268 cm³/mol. The third-order valence-electron chi connectivity index (χ3n) is 11.3. The molecule has 0 aliphatic rings. The zero-order chi connectivity index (χ0) is 47.3. The zero-order valence-corrected chi connectivity index (χ0v) is 38.1. The Balaban J connectivity index is 0.000000229. The fourth-order valence-electron chi connectivity index (χ4n) is 8.27. The first-order valence-corrected chi connectivity index (χ1v) is 22.2. The van der Waals surface area contributed by atoms with E-state index >= 15 is 0 Å². The Hall–Kier alpha value is -6.79. The molecule has 0 unspecified atom stereocenters. The summed E-state index contributed by atoms with van der Waals surface area (Å²) in [6, 6.07) is 69.3. The molecular weight excluding hydrogens is 995 g/mol. The standard InChI is InChI=1S/C45H27N2S2.C13H12N.Ir/c1-3-12-29(13-4-1)33-17-11-18-34(30-14-5-2-6-15-30)44(33)47-40-20-9-8-19-39(40)46-45(47)38-28-48-41-24-22-31(27-37(38)41)32-23-25-43-36(26-32)35-16-7-10-21-42(35)49-43;1-10-3-6-12(7-4-10)13-8-5-11(2)9-14-13;/h1-27H;3-6,8-9H,1-2H3;/q2*-1;/i;1D3,2D3;. The molecule has 4 aromatic heterocycles. The van der Waals surface area contributed by atoms with E-state index in [1.807, 2.05) is 11.3 Å². The summed E-state index contributed by atoms with van der Waals surface area (Å²) in [5, 5.41) is 7.49. The van der Waals surface area contributed by atoms with Crippen LogP contribution in [0.15, 0.2) is 200 Å². The molecular formula is C58H39IrN3S2-2. The van der Waals surface area contributed by atoms with Gasteiger partial charge in [0, 0.05) is 65.8 Å². The van der Waals surface area contributed by atoms with Gasteiger partial charge in [-0.2, -0.15) is 0 Å². The van der Waals surface area contributed by atoms with Crippen molar-refractivity contribution in [3.63, 3.8) is 0 Å². The molecule has 309 valence electrons. The first kappa shape index (κ1) is 34.7. The number of aryl methyl sites for hydroxylation is 2. The molecule has 12 rings (SSSR count). The number of aromatic nitrogens is 3. The Labute approximate surface area is 402 Å². The molecule has 0 saturated heterocycles. The van der Waals surface area contributed by atoms with E-state index in [1.54, 1.807) is 23.5 Å². The van der Waals surface area contributed by atoms with Crippen LogP contribution in [-0.2, 0) is 20.1 Å². The Bertz CT molecular complexity index is 3690. The van der Waals surface area contributed by atoms with Gasteiger partial charge >= 0.3 is 0 Å². The monoisotopic (exact) mass is 1040 g/mol. The average Bonchev–Trinajstić information content (AvgIpc) is 4.09. The van der Waals surface area contributed by atoms with Crippen LogP contribution in [0.25, 0.3) is 103 Å². The Kier molecular flexibility index (Phi) is 9.62. The van der Waals surface area contributed by atoms with E-state index in [2.05, 4.69) is 185 Å². The van der Waals surface area contributed by atoms with Crippen LogP contribution >= 0.6 is 22.7 Å². The van der Waals surface area contributed by atoms with Gasteiger partial charge in [-0.25, -0.2) is 0 Å². The molecule has 0 aliphatic heterocycles. The number of hydrogen-bond acceptors (Lipinski definition) is 4. The molecule has 0 spiro atoms. The second kappa shape index (κ2) is 17.8. The van der Waals surface area contributed by atoms with Crippen LogP contribution in [0.4, 0.5) is 0 Å². The average molecular weight is 1040 g/mol. The van der Waals surface area contributed by atoms with Crippen molar-refractivity contribution < 1.29 is 28.3 Å². The smallest absolute Gasteiger partial charge is 0.0774 e. The van der Waals surface area contributed by atoms with Gasteiger partial charge in [0.15, 0.2) is 0 Å². The van der Waals surface area contributed by atoms with Gasteiger partial charge in [0.2, 0.25) is 0 Å². The summed E-state index contributed by atoms with van der Waals surface area (Å²) in [6.07, 6.45) is 1.30. The van der Waals surface area contributed by atoms with E-state index in [0.717, 1.165) is 55.7 Å². The van der Waals surface area contributed by atoms with Gasteiger partial charge in [-0.1, -0.05) is 168 Å². The predicted octanol–water partition coefficient (Wildman–Crippen LogP) is 16.2. The second-order valence-corrected chi connectivity index (χ2v) is 17.1. The minimum absolute atomic E-state index is 0. The third kappa shape index (κ3) is 7.80. The number of pyridine rings is 1. The number of thiophene rings is 2. The van der Waals surface area contributed by atoms with Crippen LogP contribution in [0.3, 0.4) is 0 Å². The first-order chi connectivity index (χ1) is 33.5. The molecule has 0 saturated carbocycles. The summed E-state index contributed by atoms with van der Waals surface area (Å²) in [5.74, 6) is 0.893. The number of para-hydroxylation sites is 3. The number of imidazole rings is 1. The summed E-state index contributed by atoms with van der Waals surface area (Å²) in [5.41, 5.74) is 12.7. The van der Waals surface area contributed by atoms with Crippen LogP contribution in [0.2, 0.25) is 0 Å². The summed E-state index contributed by atoms with van der Waals surface area (Å²) in [4.78, 5) is 9.44. The minimum atomic E-state index is -2.18. The molecule has 6 heteroatoms. The SMILES string of the molecule is [2H]C([2H])([2H])c1c[c-]c(-c2ccc(C([2H])([2H])[2H])cn2)cc1.[Ir].[c-]1sc2ccc(-c3ccc4sc5ccccc5c4c3)cc2c1-c1nc2ccccc2n1-c1c(-c2ccccc2)cccc1-c1ccccc1. The van der Waals surface area contributed by atoms with E-state index in [-0.39, 0.29) is 31.2 Å². The van der Waals surface area contributed by atoms with Crippen LogP contribution in [0.5, 0.6) is 0 Å². The van der Waals surface area contributed by atoms with Crippen molar-refractivity contribution in [3.8, 4) is 61.7 Å². The van der Waals surface area contributed by atoms with E-state index in [0.29, 0.717) is 11.3 Å². The maximum absolute atomic E-state index is 7.28. The third-order valence-corrected chi connectivity index (χ3v) is 13.3. The normalized spacial score (nSPS) is 12.9. The van der Waals surface area contributed by atoms with E-state index < -0.39 is 13.7 Å². The maximum atomic E-state index is 7.28. The molecule has 0 bridgehead atoms. The number of benzene rings is 8. The molecule has 12 aromatic rings. The zero-order valence-electron chi connectivity index (χ0n) is 40.0. The molecule has 0 fully saturated rings. The summed E-state index contributed by atoms with van der Waals surface area (Å²) < 4.78 is 49.8. The number of hydrogen-bond donors (Lipinski definition) is 0. The van der Waals surface area contributed by atoms with Crippen LogP contribution in [-0.4, -0.2) is 14.5 Å². The van der Waals surface area contributed by atoms with E-state index in [4.69, 9.17) is 13.2 Å². The fourth-order valence-corrected chi connectivity index (χ4v) is 10.2. The number of rotatable bonds is 6. The molecule has 0 atom stereocenters. The van der Waals surface area contributed by atoms with Crippen molar-refractivity contribution in [2.24, 2.45) is 0 Å². The maximum Gasteiger partial charge on any atom is 0.0774 e. The topological polar surface area (TPSA) is 30.7 Å². The van der Waals surface area contributed by atoms with Gasteiger partial charge < -0.3 is 9.55 Å². The Morgan fingerprint density at radius 2 is 1.20 bits per heavy atom. The van der Waals surface area contributed by atoms with E-state index in [9.17, 15) is 0 Å². The largest absolute Gasteiger partial charge is 0.332 e. The molecule has 0 N–H and O–H groups in total. The molecule has 4 heterocycles. The van der Waals surface area contributed by atoms with Crippen molar-refractivity contribution in [2.45, 2.75) is 13.7 Å². The molecule has 1 radical (unpaired) electrons. The van der Waals surface area contributed by atoms with E-state index in [1.165, 1.54) is 60.4 Å². The van der Waals surface area contributed by atoms with Crippen molar-refractivity contribution >= 4 is 64.0 Å². The van der Waals surface area contributed by atoms with Gasteiger partial charge in [-0.3, -0.25) is 16.3 Å². The number of fused-ring (bicyclic) bond motifs is 5. The summed E-state index contributed by atoms with van der Waals surface area (Å²) in [7, 11) is 0. The van der Waals surface area contributed by atoms with Gasteiger partial charge in [-0.15, -0.1) is 52.1 Å². The first-order valence-electron chi connectivity index (χ1n) is 23.5. The van der Waals surface area contributed by atoms with Crippen molar-refractivity contribution in [1.82, 2.24) is 14.5 Å². The quantitative estimate of drug-likeness (QED) is 0.155.